The highest BCUT2D eigenvalue weighted by molar-refractivity contribution is 5.83. The number of carbonyl (C=O) groups is 1. The summed E-state index contributed by atoms with van der Waals surface area (Å²) in [7, 11) is 0. The Kier molecular flexibility index (Phi) is 4.38. The Morgan fingerprint density at radius 2 is 1.97 bits per heavy atom. The first kappa shape index (κ1) is 17.7. The Morgan fingerprint density at radius 3 is 2.76 bits per heavy atom. The van der Waals surface area contributed by atoms with E-state index in [1.54, 1.807) is 6.20 Å². The smallest absolute Gasteiger partial charge is 0.244 e. The van der Waals surface area contributed by atoms with Gasteiger partial charge in [-0.1, -0.05) is 36.4 Å². The number of likely N-dealkylation sites (tertiary alicyclic amines) is 1. The van der Waals surface area contributed by atoms with Crippen molar-refractivity contribution in [1.82, 2.24) is 24.6 Å². The quantitative estimate of drug-likeness (QED) is 0.693. The minimum Gasteiger partial charge on any atom is -0.368 e. The number of nitrogens with two attached hydrogens (primary N) is 1. The molecule has 8 nitrogen and oxygen atoms in total. The number of amides is 1. The molecule has 3 atom stereocenters. The predicted octanol–water partition coefficient (Wildman–Crippen LogP) is 2.06. The molecule has 1 amide bonds. The van der Waals surface area contributed by atoms with Crippen molar-refractivity contribution in [2.75, 3.05) is 24.1 Å². The zero-order valence-electron chi connectivity index (χ0n) is 16.0. The van der Waals surface area contributed by atoms with Gasteiger partial charge >= 0.3 is 0 Å². The van der Waals surface area contributed by atoms with Crippen molar-refractivity contribution in [3.63, 3.8) is 0 Å². The van der Waals surface area contributed by atoms with Gasteiger partial charge in [-0.2, -0.15) is 9.67 Å². The molecule has 2 aromatic heterocycles. The van der Waals surface area contributed by atoms with Crippen molar-refractivity contribution in [1.29, 1.82) is 0 Å². The number of pyridine rings is 1. The fourth-order valence-corrected chi connectivity index (χ4v) is 4.06. The molecule has 0 radical (unpaired) electrons. The summed E-state index contributed by atoms with van der Waals surface area (Å²) in [4.78, 5) is 23.4. The molecule has 2 aliphatic rings. The van der Waals surface area contributed by atoms with Crippen LogP contribution in [0.4, 0.5) is 11.9 Å². The minimum absolute atomic E-state index is 0.117. The van der Waals surface area contributed by atoms with Gasteiger partial charge < -0.3 is 16.0 Å². The van der Waals surface area contributed by atoms with Crippen LogP contribution < -0.4 is 11.1 Å². The molecule has 1 aliphatic carbocycles. The molecule has 1 saturated heterocycles. The molecule has 29 heavy (non-hydrogen) atoms. The average Bonchev–Trinajstić information content (AvgIpc) is 3.29. The molecule has 1 unspecified atom stereocenters. The van der Waals surface area contributed by atoms with Gasteiger partial charge in [-0.05, 0) is 36.5 Å². The number of carbonyl (C=O) groups excluding carboxylic acids is 1. The highest BCUT2D eigenvalue weighted by Gasteiger charge is 2.46. The van der Waals surface area contributed by atoms with Crippen LogP contribution in [0.1, 0.15) is 24.3 Å². The first-order chi connectivity index (χ1) is 14.2. The maximum Gasteiger partial charge on any atom is 0.244 e. The monoisotopic (exact) mass is 389 g/mol. The van der Waals surface area contributed by atoms with Crippen LogP contribution in [-0.2, 0) is 4.79 Å². The molecule has 3 N–H and O–H groups in total. The molecule has 0 bridgehead atoms. The van der Waals surface area contributed by atoms with Gasteiger partial charge in [0.15, 0.2) is 5.82 Å². The normalized spacial score (nSPS) is 23.2. The molecule has 3 heterocycles. The van der Waals surface area contributed by atoms with E-state index in [1.165, 1.54) is 10.2 Å². The van der Waals surface area contributed by atoms with Gasteiger partial charge in [-0.25, -0.2) is 4.98 Å². The second-order valence-corrected chi connectivity index (χ2v) is 7.67. The summed E-state index contributed by atoms with van der Waals surface area (Å²) >= 11 is 0. The highest BCUT2D eigenvalue weighted by atomic mass is 16.2. The van der Waals surface area contributed by atoms with E-state index in [0.29, 0.717) is 24.2 Å². The average molecular weight is 389 g/mol. The lowest BCUT2D eigenvalue weighted by Crippen LogP contribution is -2.33. The van der Waals surface area contributed by atoms with Crippen molar-refractivity contribution in [2.45, 2.75) is 24.8 Å². The third-order valence-electron chi connectivity index (χ3n) is 5.67. The lowest BCUT2D eigenvalue weighted by Gasteiger charge is -2.17. The molecule has 2 fully saturated rings. The number of nitrogen functional groups attached to an aromatic ring is 1. The largest absolute Gasteiger partial charge is 0.368 e. The summed E-state index contributed by atoms with van der Waals surface area (Å²) in [6, 6.07) is 16.0. The lowest BCUT2D eigenvalue weighted by atomic mass is 10.1. The summed E-state index contributed by atoms with van der Waals surface area (Å²) in [6.07, 6.45) is 3.50. The summed E-state index contributed by atoms with van der Waals surface area (Å²) in [5, 5.41) is 7.73. The third-order valence-corrected chi connectivity index (χ3v) is 5.67. The molecule has 1 aliphatic heterocycles. The van der Waals surface area contributed by atoms with E-state index in [1.807, 2.05) is 41.3 Å². The Bertz CT molecular complexity index is 1000. The SMILES string of the molecule is Nc1nc(NC2CCN(C(=O)[C@H]3C[C@@H]3c3ccccc3)C2)nn1-c1ccccn1. The van der Waals surface area contributed by atoms with Gasteiger partial charge in [-0.15, -0.1) is 5.10 Å². The summed E-state index contributed by atoms with van der Waals surface area (Å²) in [5.41, 5.74) is 7.25. The summed E-state index contributed by atoms with van der Waals surface area (Å²) in [6.45, 7) is 1.42. The number of hydrogen-bond acceptors (Lipinski definition) is 6. The Morgan fingerprint density at radius 1 is 1.14 bits per heavy atom. The first-order valence-corrected chi connectivity index (χ1v) is 9.93. The zero-order chi connectivity index (χ0) is 19.8. The lowest BCUT2D eigenvalue weighted by molar-refractivity contribution is -0.131. The van der Waals surface area contributed by atoms with E-state index in [2.05, 4.69) is 32.5 Å². The van der Waals surface area contributed by atoms with Crippen LogP contribution in [0.5, 0.6) is 0 Å². The highest BCUT2D eigenvalue weighted by Crippen LogP contribution is 2.48. The molecule has 0 spiro atoms. The molecule has 5 rings (SSSR count). The van der Waals surface area contributed by atoms with E-state index in [0.717, 1.165) is 19.4 Å². The molecule has 8 heteroatoms. The molecule has 1 aromatic carbocycles. The van der Waals surface area contributed by atoms with Crippen LogP contribution in [-0.4, -0.2) is 49.7 Å². The number of anilines is 2. The molecular weight excluding hydrogens is 366 g/mol. The van der Waals surface area contributed by atoms with Gasteiger partial charge in [0.2, 0.25) is 17.8 Å². The van der Waals surface area contributed by atoms with E-state index in [4.69, 9.17) is 5.73 Å². The van der Waals surface area contributed by atoms with E-state index >= 15 is 0 Å². The van der Waals surface area contributed by atoms with Crippen molar-refractivity contribution in [3.8, 4) is 5.82 Å². The van der Waals surface area contributed by atoms with E-state index in [-0.39, 0.29) is 23.8 Å². The molecule has 148 valence electrons. The van der Waals surface area contributed by atoms with Crippen molar-refractivity contribution < 1.29 is 4.79 Å². The Hall–Kier alpha value is -3.42. The van der Waals surface area contributed by atoms with E-state index < -0.39 is 0 Å². The van der Waals surface area contributed by atoms with Crippen molar-refractivity contribution in [3.05, 3.63) is 60.3 Å². The van der Waals surface area contributed by atoms with Crippen LogP contribution in [0.15, 0.2) is 54.7 Å². The third kappa shape index (κ3) is 3.53. The number of nitrogens with one attached hydrogen (secondary N) is 1. The second kappa shape index (κ2) is 7.20. The number of rotatable bonds is 5. The van der Waals surface area contributed by atoms with Crippen LogP contribution in [0.3, 0.4) is 0 Å². The van der Waals surface area contributed by atoms with Gasteiger partial charge in [0.25, 0.3) is 0 Å². The van der Waals surface area contributed by atoms with E-state index in [9.17, 15) is 4.79 Å². The van der Waals surface area contributed by atoms with Crippen LogP contribution >= 0.6 is 0 Å². The fraction of sp³-hybridized carbons (Fsp3) is 0.333. The first-order valence-electron chi connectivity index (χ1n) is 9.93. The van der Waals surface area contributed by atoms with Gasteiger partial charge in [0.05, 0.1) is 0 Å². The number of benzene rings is 1. The summed E-state index contributed by atoms with van der Waals surface area (Å²) in [5.74, 6) is 2.10. The Balaban J connectivity index is 1.20. The predicted molar refractivity (Wildman–Crippen MR) is 109 cm³/mol. The van der Waals surface area contributed by atoms with Gasteiger partial charge in [0, 0.05) is 31.2 Å². The standard InChI is InChI=1S/C21H23N7O/c22-20-25-21(26-28(20)18-8-4-5-10-23-18)24-15-9-11-27(13-15)19(29)17-12-16(17)14-6-2-1-3-7-14/h1-8,10,15-17H,9,11-13H2,(H3,22,24,25,26)/t15?,16-,17+/m1/s1. The topological polar surface area (TPSA) is 102 Å². The van der Waals surface area contributed by atoms with Crippen LogP contribution in [0.25, 0.3) is 5.82 Å². The molecule has 1 saturated carbocycles. The maximum atomic E-state index is 12.9. The number of aromatic nitrogens is 4. The van der Waals surface area contributed by atoms with Gasteiger partial charge in [-0.3, -0.25) is 4.79 Å². The minimum atomic E-state index is 0.117. The Labute approximate surface area is 168 Å². The van der Waals surface area contributed by atoms with Crippen LogP contribution in [0, 0.1) is 5.92 Å². The fourth-order valence-electron chi connectivity index (χ4n) is 4.06. The maximum absolute atomic E-state index is 12.9. The molecule has 3 aromatic rings. The molecular formula is C21H23N7O. The van der Waals surface area contributed by atoms with Crippen LogP contribution in [0.2, 0.25) is 0 Å². The second-order valence-electron chi connectivity index (χ2n) is 7.67. The zero-order valence-corrected chi connectivity index (χ0v) is 16.0. The number of nitrogens with zero attached hydrogens (tertiary/aromatic N) is 5. The summed E-state index contributed by atoms with van der Waals surface area (Å²) < 4.78 is 1.51. The number of hydrogen-bond donors (Lipinski definition) is 2. The van der Waals surface area contributed by atoms with Crippen molar-refractivity contribution >= 4 is 17.8 Å². The van der Waals surface area contributed by atoms with Gasteiger partial charge in [0.1, 0.15) is 0 Å². The van der Waals surface area contributed by atoms with Crippen molar-refractivity contribution in [2.24, 2.45) is 5.92 Å².